The summed E-state index contributed by atoms with van der Waals surface area (Å²) < 4.78 is 14.0. The highest BCUT2D eigenvalue weighted by molar-refractivity contribution is 5.38. The van der Waals surface area contributed by atoms with Crippen LogP contribution in [0.4, 0.5) is 10.2 Å². The van der Waals surface area contributed by atoms with Crippen molar-refractivity contribution in [2.75, 3.05) is 25.0 Å². The number of hydrogen-bond donors (Lipinski definition) is 0. The van der Waals surface area contributed by atoms with E-state index >= 15 is 0 Å². The van der Waals surface area contributed by atoms with Crippen LogP contribution in [0.25, 0.3) is 0 Å². The average molecular weight is 339 g/mol. The molecule has 3 rings (SSSR count). The van der Waals surface area contributed by atoms with Crippen LogP contribution < -0.4 is 4.90 Å². The Hall–Kier alpha value is -2.52. The van der Waals surface area contributed by atoms with Crippen LogP contribution in [-0.4, -0.2) is 41.3 Å². The second-order valence-corrected chi connectivity index (χ2v) is 6.61. The van der Waals surface area contributed by atoms with E-state index in [-0.39, 0.29) is 5.82 Å². The topological polar surface area (TPSA) is 56.0 Å². The van der Waals surface area contributed by atoms with Gasteiger partial charge in [0.25, 0.3) is 0 Å². The van der Waals surface area contributed by atoms with Gasteiger partial charge in [-0.3, -0.25) is 4.90 Å². The molecule has 0 radical (unpaired) electrons. The zero-order valence-electron chi connectivity index (χ0n) is 14.6. The van der Waals surface area contributed by atoms with Crippen LogP contribution in [0.15, 0.2) is 30.3 Å². The highest BCUT2D eigenvalue weighted by Gasteiger charge is 2.24. The average Bonchev–Trinajstić information content (AvgIpc) is 2.64. The van der Waals surface area contributed by atoms with Gasteiger partial charge in [-0.1, -0.05) is 0 Å². The summed E-state index contributed by atoms with van der Waals surface area (Å²) in [4.78, 5) is 4.40. The van der Waals surface area contributed by atoms with Gasteiger partial charge in [-0.2, -0.15) is 10.4 Å². The maximum Gasteiger partial charge on any atom is 0.151 e. The first kappa shape index (κ1) is 17.3. The zero-order chi connectivity index (χ0) is 17.8. The molecule has 1 fully saturated rings. The molecule has 1 aliphatic heterocycles. The first-order valence-corrected chi connectivity index (χ1v) is 8.51. The SMILES string of the molecule is Cc1ccc(N2CCCC(N(C)Cc3cc(C#N)ccc3F)C2)nn1. The van der Waals surface area contributed by atoms with Gasteiger partial charge in [0.2, 0.25) is 0 Å². The summed E-state index contributed by atoms with van der Waals surface area (Å²) in [7, 11) is 2.01. The van der Waals surface area contributed by atoms with Crippen molar-refractivity contribution in [2.24, 2.45) is 0 Å². The first-order valence-electron chi connectivity index (χ1n) is 8.51. The molecule has 1 aliphatic rings. The molecule has 1 aromatic heterocycles. The smallest absolute Gasteiger partial charge is 0.151 e. The van der Waals surface area contributed by atoms with Crippen LogP contribution in [0.5, 0.6) is 0 Å². The van der Waals surface area contributed by atoms with E-state index in [2.05, 4.69) is 26.1 Å². The van der Waals surface area contributed by atoms with E-state index in [0.29, 0.717) is 23.7 Å². The molecular weight excluding hydrogens is 317 g/mol. The molecule has 0 amide bonds. The molecule has 2 aromatic rings. The molecule has 0 saturated carbocycles. The number of rotatable bonds is 4. The van der Waals surface area contributed by atoms with Crippen molar-refractivity contribution in [1.29, 1.82) is 5.26 Å². The van der Waals surface area contributed by atoms with Crippen LogP contribution in [0.1, 0.15) is 29.7 Å². The van der Waals surface area contributed by atoms with Gasteiger partial charge in [-0.05, 0) is 57.1 Å². The molecule has 0 aliphatic carbocycles. The molecule has 5 nitrogen and oxygen atoms in total. The van der Waals surface area contributed by atoms with Crippen molar-refractivity contribution in [3.8, 4) is 6.07 Å². The van der Waals surface area contributed by atoms with Gasteiger partial charge < -0.3 is 4.90 Å². The summed E-state index contributed by atoms with van der Waals surface area (Å²) in [6.07, 6.45) is 2.12. The van der Waals surface area contributed by atoms with Crippen molar-refractivity contribution in [2.45, 2.75) is 32.4 Å². The van der Waals surface area contributed by atoms with Crippen molar-refractivity contribution in [3.63, 3.8) is 0 Å². The minimum Gasteiger partial charge on any atom is -0.354 e. The molecule has 1 atom stereocenters. The first-order chi connectivity index (χ1) is 12.1. The number of likely N-dealkylation sites (N-methyl/N-ethyl adjacent to an activating group) is 1. The van der Waals surface area contributed by atoms with E-state index in [4.69, 9.17) is 5.26 Å². The lowest BCUT2D eigenvalue weighted by Gasteiger charge is -2.38. The fourth-order valence-corrected chi connectivity index (χ4v) is 3.25. The Morgan fingerprint density at radius 3 is 2.88 bits per heavy atom. The van der Waals surface area contributed by atoms with Gasteiger partial charge in [0.05, 0.1) is 17.3 Å². The summed E-state index contributed by atoms with van der Waals surface area (Å²) in [5.41, 5.74) is 1.96. The predicted octanol–water partition coefficient (Wildman–Crippen LogP) is 2.90. The number of aryl methyl sites for hydroxylation is 1. The molecule has 1 unspecified atom stereocenters. The van der Waals surface area contributed by atoms with Gasteiger partial charge >= 0.3 is 0 Å². The highest BCUT2D eigenvalue weighted by atomic mass is 19.1. The molecule has 1 aromatic carbocycles. The highest BCUT2D eigenvalue weighted by Crippen LogP contribution is 2.22. The van der Waals surface area contributed by atoms with Crippen LogP contribution in [0.2, 0.25) is 0 Å². The van der Waals surface area contributed by atoms with Crippen molar-refractivity contribution >= 4 is 5.82 Å². The van der Waals surface area contributed by atoms with E-state index in [1.165, 1.54) is 12.1 Å². The minimum absolute atomic E-state index is 0.261. The lowest BCUT2D eigenvalue weighted by atomic mass is 10.0. The third-order valence-electron chi connectivity index (χ3n) is 4.72. The number of aromatic nitrogens is 2. The van der Waals surface area contributed by atoms with E-state index in [9.17, 15) is 4.39 Å². The summed E-state index contributed by atoms with van der Waals surface area (Å²) >= 11 is 0. The monoisotopic (exact) mass is 339 g/mol. The fourth-order valence-electron chi connectivity index (χ4n) is 3.25. The van der Waals surface area contributed by atoms with Crippen LogP contribution in [0.3, 0.4) is 0 Å². The zero-order valence-corrected chi connectivity index (χ0v) is 14.6. The third kappa shape index (κ3) is 4.12. The molecule has 0 bridgehead atoms. The molecule has 130 valence electrons. The van der Waals surface area contributed by atoms with Gasteiger partial charge in [-0.15, -0.1) is 5.10 Å². The van der Waals surface area contributed by atoms with E-state index in [1.807, 2.05) is 26.1 Å². The number of halogens is 1. The number of piperidine rings is 1. The molecule has 25 heavy (non-hydrogen) atoms. The minimum atomic E-state index is -0.261. The number of nitrogens with zero attached hydrogens (tertiary/aromatic N) is 5. The lowest BCUT2D eigenvalue weighted by molar-refractivity contribution is 0.205. The van der Waals surface area contributed by atoms with E-state index in [1.54, 1.807) is 6.07 Å². The summed E-state index contributed by atoms with van der Waals surface area (Å²) in [6, 6.07) is 10.9. The Morgan fingerprint density at radius 2 is 2.16 bits per heavy atom. The maximum atomic E-state index is 14.0. The Kier molecular flexibility index (Phi) is 5.25. The van der Waals surface area contributed by atoms with Gasteiger partial charge in [0.15, 0.2) is 5.82 Å². The Labute approximate surface area is 147 Å². The molecule has 0 spiro atoms. The number of hydrogen-bond acceptors (Lipinski definition) is 5. The number of benzene rings is 1. The Bertz CT molecular complexity index is 768. The number of anilines is 1. The predicted molar refractivity (Wildman–Crippen MR) is 94.6 cm³/mol. The summed E-state index contributed by atoms with van der Waals surface area (Å²) in [5, 5.41) is 17.4. The Balaban J connectivity index is 1.69. The van der Waals surface area contributed by atoms with Crippen LogP contribution in [-0.2, 0) is 6.54 Å². The van der Waals surface area contributed by atoms with E-state index in [0.717, 1.165) is 37.4 Å². The van der Waals surface area contributed by atoms with Crippen LogP contribution in [0, 0.1) is 24.1 Å². The van der Waals surface area contributed by atoms with Crippen LogP contribution >= 0.6 is 0 Å². The van der Waals surface area contributed by atoms with Crippen molar-refractivity contribution < 1.29 is 4.39 Å². The normalized spacial score (nSPS) is 17.6. The summed E-state index contributed by atoms with van der Waals surface area (Å²) in [6.45, 7) is 4.21. The fraction of sp³-hybridized carbons (Fsp3) is 0.421. The Morgan fingerprint density at radius 1 is 1.32 bits per heavy atom. The van der Waals surface area contributed by atoms with Gasteiger partial charge in [-0.25, -0.2) is 4.39 Å². The molecular formula is C19H22FN5. The standard InChI is InChI=1S/C19H22FN5/c1-14-5-8-19(23-22-14)25-9-3-4-17(13-25)24(2)12-16-10-15(11-21)6-7-18(16)20/h5-8,10,17H,3-4,9,12-13H2,1-2H3. The molecule has 2 heterocycles. The van der Waals surface area contributed by atoms with Gasteiger partial charge in [0.1, 0.15) is 5.82 Å². The third-order valence-corrected chi connectivity index (χ3v) is 4.72. The lowest BCUT2D eigenvalue weighted by Crippen LogP contribution is -2.46. The largest absolute Gasteiger partial charge is 0.354 e. The number of nitriles is 1. The second kappa shape index (κ2) is 7.58. The molecule has 6 heteroatoms. The maximum absolute atomic E-state index is 14.0. The van der Waals surface area contributed by atoms with Gasteiger partial charge in [0, 0.05) is 31.2 Å². The summed E-state index contributed by atoms with van der Waals surface area (Å²) in [5.74, 6) is 0.629. The van der Waals surface area contributed by atoms with E-state index < -0.39 is 0 Å². The molecule has 1 saturated heterocycles. The second-order valence-electron chi connectivity index (χ2n) is 6.61. The quantitative estimate of drug-likeness (QED) is 0.857. The van der Waals surface area contributed by atoms with Crippen molar-refractivity contribution in [1.82, 2.24) is 15.1 Å². The molecule has 0 N–H and O–H groups in total. The van der Waals surface area contributed by atoms with Crippen molar-refractivity contribution in [3.05, 3.63) is 53.0 Å².